The summed E-state index contributed by atoms with van der Waals surface area (Å²) < 4.78 is 16.3. The standard InChI is InChI=1S/C15H21NO4.ClH/c1-11(2)16(3)8-9-18-15(17)14-10-19-12-6-4-5-7-13(12)20-14;/h4-7,11,14H,8-10H2,1-3H3;1H/p-1. The smallest absolute Gasteiger partial charge is 0.351 e. The average Bonchev–Trinajstić information content (AvgIpc) is 2.46. The van der Waals surface area contributed by atoms with Crippen molar-refractivity contribution in [3.8, 4) is 11.5 Å². The van der Waals surface area contributed by atoms with E-state index in [0.29, 0.717) is 30.7 Å². The van der Waals surface area contributed by atoms with Crippen LogP contribution in [0.2, 0.25) is 0 Å². The fourth-order valence-electron chi connectivity index (χ4n) is 1.78. The molecule has 0 N–H and O–H groups in total. The summed E-state index contributed by atoms with van der Waals surface area (Å²) in [5, 5.41) is 0. The number of fused-ring (bicyclic) bond motifs is 1. The number of hydrogen-bond acceptors (Lipinski definition) is 5. The topological polar surface area (TPSA) is 48.0 Å². The van der Waals surface area contributed by atoms with E-state index in [-0.39, 0.29) is 25.0 Å². The van der Waals surface area contributed by atoms with Gasteiger partial charge in [-0.3, -0.25) is 0 Å². The SMILES string of the molecule is CC(C)N(C)CCOC(=O)C1COc2ccccc2O1.[Cl-]. The second-order valence-electron chi connectivity index (χ2n) is 5.11. The number of ether oxygens (including phenoxy) is 3. The summed E-state index contributed by atoms with van der Waals surface area (Å²) in [7, 11) is 2.00. The largest absolute Gasteiger partial charge is 1.00 e. The van der Waals surface area contributed by atoms with Gasteiger partial charge in [0.2, 0.25) is 6.10 Å². The number of esters is 1. The summed E-state index contributed by atoms with van der Waals surface area (Å²) in [6.07, 6.45) is -0.686. The van der Waals surface area contributed by atoms with Crippen molar-refractivity contribution >= 4 is 5.97 Å². The van der Waals surface area contributed by atoms with Crippen LogP contribution in [0.5, 0.6) is 11.5 Å². The fraction of sp³-hybridized carbons (Fsp3) is 0.533. The van der Waals surface area contributed by atoms with E-state index in [1.807, 2.05) is 25.2 Å². The number of carbonyl (C=O) groups excluding carboxylic acids is 1. The molecule has 0 bridgehead atoms. The minimum absolute atomic E-state index is 0. The molecule has 1 aliphatic rings. The number of halogens is 1. The first-order valence-electron chi connectivity index (χ1n) is 6.83. The number of hydrogen-bond donors (Lipinski definition) is 0. The fourth-order valence-corrected chi connectivity index (χ4v) is 1.78. The average molecular weight is 315 g/mol. The number of benzene rings is 1. The Bertz CT molecular complexity index is 467. The number of rotatable bonds is 5. The lowest BCUT2D eigenvalue weighted by Gasteiger charge is -2.25. The zero-order valence-electron chi connectivity index (χ0n) is 12.5. The molecule has 0 aromatic heterocycles. The quantitative estimate of drug-likeness (QED) is 0.633. The van der Waals surface area contributed by atoms with Gasteiger partial charge in [-0.15, -0.1) is 0 Å². The Morgan fingerprint density at radius 2 is 2.05 bits per heavy atom. The van der Waals surface area contributed by atoms with Gasteiger partial charge in [0.15, 0.2) is 11.5 Å². The molecule has 0 aliphatic carbocycles. The van der Waals surface area contributed by atoms with Gasteiger partial charge < -0.3 is 31.5 Å². The van der Waals surface area contributed by atoms with Crippen LogP contribution in [0, 0.1) is 0 Å². The Morgan fingerprint density at radius 1 is 1.38 bits per heavy atom. The zero-order chi connectivity index (χ0) is 14.5. The molecule has 0 saturated heterocycles. The number of likely N-dealkylation sites (N-methyl/N-ethyl adjacent to an activating group) is 1. The van der Waals surface area contributed by atoms with Gasteiger partial charge in [-0.2, -0.15) is 0 Å². The van der Waals surface area contributed by atoms with Gasteiger partial charge in [0.25, 0.3) is 0 Å². The predicted octanol–water partition coefficient (Wildman–Crippen LogP) is -1.29. The maximum absolute atomic E-state index is 11.9. The number of nitrogens with zero attached hydrogens (tertiary/aromatic N) is 1. The molecule has 0 fully saturated rings. The Hall–Kier alpha value is -1.46. The molecule has 2 rings (SSSR count). The molecule has 1 aromatic carbocycles. The third-order valence-corrected chi connectivity index (χ3v) is 3.34. The van der Waals surface area contributed by atoms with E-state index in [1.54, 1.807) is 6.07 Å². The molecule has 1 heterocycles. The predicted molar refractivity (Wildman–Crippen MR) is 75.1 cm³/mol. The molecule has 0 amide bonds. The molecule has 21 heavy (non-hydrogen) atoms. The van der Waals surface area contributed by atoms with Crippen LogP contribution in [0.3, 0.4) is 0 Å². The lowest BCUT2D eigenvalue weighted by atomic mass is 10.2. The zero-order valence-corrected chi connectivity index (χ0v) is 13.3. The Balaban J connectivity index is 0.00000220. The molecule has 118 valence electrons. The molecule has 1 unspecified atom stereocenters. The molecule has 5 nitrogen and oxygen atoms in total. The van der Waals surface area contributed by atoms with E-state index >= 15 is 0 Å². The van der Waals surface area contributed by atoms with Gasteiger partial charge in [-0.05, 0) is 33.0 Å². The first-order valence-corrected chi connectivity index (χ1v) is 6.83. The number of para-hydroxylation sites is 2. The van der Waals surface area contributed by atoms with E-state index in [1.165, 1.54) is 0 Å². The van der Waals surface area contributed by atoms with E-state index in [4.69, 9.17) is 14.2 Å². The van der Waals surface area contributed by atoms with Crippen LogP contribution >= 0.6 is 0 Å². The summed E-state index contributed by atoms with van der Waals surface area (Å²) in [6.45, 7) is 5.44. The van der Waals surface area contributed by atoms with E-state index in [2.05, 4.69) is 18.7 Å². The summed E-state index contributed by atoms with van der Waals surface area (Å²) in [5.41, 5.74) is 0. The van der Waals surface area contributed by atoms with Crippen LogP contribution < -0.4 is 21.9 Å². The van der Waals surface area contributed by atoms with E-state index < -0.39 is 6.10 Å². The third-order valence-electron chi connectivity index (χ3n) is 3.34. The van der Waals surface area contributed by atoms with Crippen LogP contribution in [-0.4, -0.2) is 49.8 Å². The first-order chi connectivity index (χ1) is 9.58. The van der Waals surface area contributed by atoms with Gasteiger partial charge in [0.1, 0.15) is 13.2 Å². The van der Waals surface area contributed by atoms with Gasteiger partial charge in [0.05, 0.1) is 0 Å². The van der Waals surface area contributed by atoms with Crippen LogP contribution in [0.4, 0.5) is 0 Å². The van der Waals surface area contributed by atoms with Crippen molar-refractivity contribution in [2.75, 3.05) is 26.8 Å². The highest BCUT2D eigenvalue weighted by atomic mass is 35.5. The summed E-state index contributed by atoms with van der Waals surface area (Å²) in [6, 6.07) is 7.72. The van der Waals surface area contributed by atoms with Crippen molar-refractivity contribution in [1.82, 2.24) is 4.90 Å². The number of carbonyl (C=O) groups is 1. The summed E-state index contributed by atoms with van der Waals surface area (Å²) in [5.74, 6) is 0.868. The van der Waals surface area contributed by atoms with Crippen molar-refractivity contribution in [3.63, 3.8) is 0 Å². The third kappa shape index (κ3) is 4.79. The van der Waals surface area contributed by atoms with Crippen LogP contribution in [-0.2, 0) is 9.53 Å². The van der Waals surface area contributed by atoms with Crippen LogP contribution in [0.25, 0.3) is 0 Å². The minimum Gasteiger partial charge on any atom is -1.00 e. The summed E-state index contributed by atoms with van der Waals surface area (Å²) >= 11 is 0. The highest BCUT2D eigenvalue weighted by Crippen LogP contribution is 2.31. The molecule has 0 saturated carbocycles. The van der Waals surface area contributed by atoms with Gasteiger partial charge >= 0.3 is 5.97 Å². The highest BCUT2D eigenvalue weighted by Gasteiger charge is 2.28. The normalized spacial score (nSPS) is 16.5. The lowest BCUT2D eigenvalue weighted by molar-refractivity contribution is -0.154. The second-order valence-corrected chi connectivity index (χ2v) is 5.11. The molecular formula is C15H21ClNO4-. The van der Waals surface area contributed by atoms with Crippen LogP contribution in [0.1, 0.15) is 13.8 Å². The van der Waals surface area contributed by atoms with Crippen molar-refractivity contribution in [1.29, 1.82) is 0 Å². The molecule has 1 aromatic rings. The minimum atomic E-state index is -0.686. The Kier molecular flexibility index (Phi) is 6.78. The van der Waals surface area contributed by atoms with E-state index in [0.717, 1.165) is 0 Å². The van der Waals surface area contributed by atoms with Gasteiger partial charge in [-0.25, -0.2) is 4.79 Å². The molecular weight excluding hydrogens is 294 g/mol. The molecule has 1 atom stereocenters. The van der Waals surface area contributed by atoms with E-state index in [9.17, 15) is 4.79 Å². The maximum Gasteiger partial charge on any atom is 0.351 e. The van der Waals surface area contributed by atoms with Gasteiger partial charge in [-0.1, -0.05) is 12.1 Å². The second kappa shape index (κ2) is 8.10. The van der Waals surface area contributed by atoms with Gasteiger partial charge in [0, 0.05) is 12.6 Å². The highest BCUT2D eigenvalue weighted by molar-refractivity contribution is 5.76. The molecule has 1 aliphatic heterocycles. The molecule has 6 heteroatoms. The van der Waals surface area contributed by atoms with Crippen molar-refractivity contribution in [2.45, 2.75) is 26.0 Å². The first kappa shape index (κ1) is 17.6. The van der Waals surface area contributed by atoms with Crippen molar-refractivity contribution < 1.29 is 31.4 Å². The summed E-state index contributed by atoms with van der Waals surface area (Å²) in [4.78, 5) is 14.0. The van der Waals surface area contributed by atoms with Crippen LogP contribution in [0.15, 0.2) is 24.3 Å². The lowest BCUT2D eigenvalue weighted by Crippen LogP contribution is -3.00. The maximum atomic E-state index is 11.9. The monoisotopic (exact) mass is 314 g/mol. The Labute approximate surface area is 131 Å². The van der Waals surface area contributed by atoms with Crippen molar-refractivity contribution in [2.24, 2.45) is 0 Å². The molecule has 0 spiro atoms. The molecule has 0 radical (unpaired) electrons. The Morgan fingerprint density at radius 3 is 2.71 bits per heavy atom. The van der Waals surface area contributed by atoms with Crippen molar-refractivity contribution in [3.05, 3.63) is 24.3 Å².